The maximum Gasteiger partial charge on any atom is 0.255 e. The predicted molar refractivity (Wildman–Crippen MR) is 105 cm³/mol. The van der Waals surface area contributed by atoms with Crippen molar-refractivity contribution >= 4 is 23.2 Å². The van der Waals surface area contributed by atoms with E-state index < -0.39 is 46.3 Å². The van der Waals surface area contributed by atoms with E-state index in [9.17, 15) is 40.2 Å². The fraction of sp³-hybridized carbons (Fsp3) is 0. The molecule has 8 N–H and O–H groups in total. The molecule has 0 saturated carbocycles. The Balaban J connectivity index is 1.69. The van der Waals surface area contributed by atoms with Crippen molar-refractivity contribution in [2.45, 2.75) is 0 Å². The van der Waals surface area contributed by atoms with Gasteiger partial charge in [0.25, 0.3) is 11.8 Å². The molecule has 0 aromatic heterocycles. The summed E-state index contributed by atoms with van der Waals surface area (Å²) in [7, 11) is 0. The summed E-state index contributed by atoms with van der Waals surface area (Å²) in [6.07, 6.45) is 0. The molecule has 0 bridgehead atoms. The monoisotopic (exact) mass is 412 g/mol. The molecule has 154 valence electrons. The van der Waals surface area contributed by atoms with Crippen LogP contribution in [0.2, 0.25) is 0 Å². The molecule has 0 spiro atoms. The summed E-state index contributed by atoms with van der Waals surface area (Å²) in [4.78, 5) is 24.4. The first kappa shape index (κ1) is 20.1. The highest BCUT2D eigenvalue weighted by atomic mass is 16.3. The van der Waals surface area contributed by atoms with Gasteiger partial charge in [-0.15, -0.1) is 0 Å². The largest absolute Gasteiger partial charge is 0.504 e. The zero-order chi connectivity index (χ0) is 22.0. The number of hydrogen-bond donors (Lipinski definition) is 8. The molecule has 0 atom stereocenters. The van der Waals surface area contributed by atoms with Crippen LogP contribution in [0.15, 0.2) is 48.5 Å². The lowest BCUT2D eigenvalue weighted by Gasteiger charge is -2.10. The number of aromatic hydroxyl groups is 6. The van der Waals surface area contributed by atoms with Crippen molar-refractivity contribution in [1.29, 1.82) is 0 Å². The summed E-state index contributed by atoms with van der Waals surface area (Å²) >= 11 is 0. The minimum absolute atomic E-state index is 0.0906. The number of phenolic OH excluding ortho intramolecular Hbond substituents is 6. The summed E-state index contributed by atoms with van der Waals surface area (Å²) in [6, 6.07) is 9.84. The van der Waals surface area contributed by atoms with E-state index in [1.54, 1.807) is 0 Å². The fourth-order valence-corrected chi connectivity index (χ4v) is 2.51. The SMILES string of the molecule is O=C(Nc1ccc(NC(=O)c2cc(O)c(O)c(O)c2)cc1)c1cc(O)c(O)c(O)c1. The first-order chi connectivity index (χ1) is 14.2. The molecule has 2 amide bonds. The quantitative estimate of drug-likeness (QED) is 0.301. The topological polar surface area (TPSA) is 180 Å². The lowest BCUT2D eigenvalue weighted by atomic mass is 10.1. The zero-order valence-corrected chi connectivity index (χ0v) is 15.1. The molecular weight excluding hydrogens is 396 g/mol. The number of carbonyl (C=O) groups is 2. The standard InChI is InChI=1S/C20H16N2O8/c23-13-5-9(6-14(24)17(13)27)19(29)21-11-1-2-12(4-3-11)22-20(30)10-7-15(25)18(28)16(26)8-10/h1-8,23-28H,(H,21,29)(H,22,30). The van der Waals surface area contributed by atoms with E-state index in [-0.39, 0.29) is 11.1 Å². The summed E-state index contributed by atoms with van der Waals surface area (Å²) in [5.74, 6) is -5.38. The molecule has 0 unspecified atom stereocenters. The smallest absolute Gasteiger partial charge is 0.255 e. The number of phenols is 6. The van der Waals surface area contributed by atoms with Gasteiger partial charge in [-0.2, -0.15) is 0 Å². The predicted octanol–water partition coefficient (Wildman–Crippen LogP) is 2.42. The number of benzene rings is 3. The first-order valence-corrected chi connectivity index (χ1v) is 8.38. The van der Waals surface area contributed by atoms with Crippen LogP contribution in [0.25, 0.3) is 0 Å². The van der Waals surface area contributed by atoms with Crippen LogP contribution in [0.1, 0.15) is 20.7 Å². The second-order valence-electron chi connectivity index (χ2n) is 6.21. The third-order valence-electron chi connectivity index (χ3n) is 4.06. The molecule has 10 heteroatoms. The van der Waals surface area contributed by atoms with Crippen molar-refractivity contribution in [3.63, 3.8) is 0 Å². The molecule has 3 rings (SSSR count). The lowest BCUT2D eigenvalue weighted by Crippen LogP contribution is -2.13. The van der Waals surface area contributed by atoms with Crippen LogP contribution < -0.4 is 10.6 Å². The Hall–Kier alpha value is -4.60. The molecule has 3 aromatic rings. The summed E-state index contributed by atoms with van der Waals surface area (Å²) in [6.45, 7) is 0. The number of anilines is 2. The average molecular weight is 412 g/mol. The second kappa shape index (κ2) is 7.80. The molecular formula is C20H16N2O8. The Morgan fingerprint density at radius 2 is 0.800 bits per heavy atom. The molecule has 0 heterocycles. The van der Waals surface area contributed by atoms with Gasteiger partial charge in [0.1, 0.15) is 0 Å². The van der Waals surface area contributed by atoms with Gasteiger partial charge in [0.05, 0.1) is 0 Å². The highest BCUT2D eigenvalue weighted by molar-refractivity contribution is 6.06. The third-order valence-corrected chi connectivity index (χ3v) is 4.06. The van der Waals surface area contributed by atoms with Gasteiger partial charge in [0.15, 0.2) is 34.5 Å². The molecule has 30 heavy (non-hydrogen) atoms. The van der Waals surface area contributed by atoms with Gasteiger partial charge in [-0.25, -0.2) is 0 Å². The van der Waals surface area contributed by atoms with E-state index in [2.05, 4.69) is 10.6 Å². The third kappa shape index (κ3) is 4.12. The van der Waals surface area contributed by atoms with E-state index >= 15 is 0 Å². The summed E-state index contributed by atoms with van der Waals surface area (Å²) in [5.41, 5.74) is 0.495. The van der Waals surface area contributed by atoms with E-state index in [1.807, 2.05) is 0 Å². The van der Waals surface area contributed by atoms with Crippen LogP contribution in [0.5, 0.6) is 34.5 Å². The number of hydrogen-bond acceptors (Lipinski definition) is 8. The van der Waals surface area contributed by atoms with Gasteiger partial charge in [-0.05, 0) is 48.5 Å². The van der Waals surface area contributed by atoms with E-state index in [4.69, 9.17) is 0 Å². The van der Waals surface area contributed by atoms with Gasteiger partial charge >= 0.3 is 0 Å². The molecule has 0 fully saturated rings. The van der Waals surface area contributed by atoms with Crippen molar-refractivity contribution in [1.82, 2.24) is 0 Å². The Bertz CT molecular complexity index is 1010. The van der Waals surface area contributed by atoms with Crippen LogP contribution in [0.4, 0.5) is 11.4 Å². The fourth-order valence-electron chi connectivity index (χ4n) is 2.51. The van der Waals surface area contributed by atoms with Crippen molar-refractivity contribution in [3.8, 4) is 34.5 Å². The summed E-state index contributed by atoms with van der Waals surface area (Å²) in [5, 5.41) is 61.6. The van der Waals surface area contributed by atoms with Crippen LogP contribution >= 0.6 is 0 Å². The number of amides is 2. The molecule has 0 aliphatic rings. The lowest BCUT2D eigenvalue weighted by molar-refractivity contribution is 0.101. The van der Waals surface area contributed by atoms with Crippen LogP contribution in [0, 0.1) is 0 Å². The van der Waals surface area contributed by atoms with Gasteiger partial charge < -0.3 is 41.3 Å². The molecule has 0 saturated heterocycles. The van der Waals surface area contributed by atoms with Crippen molar-refractivity contribution in [2.75, 3.05) is 10.6 Å². The number of carbonyl (C=O) groups excluding carboxylic acids is 2. The minimum Gasteiger partial charge on any atom is -0.504 e. The molecule has 0 aliphatic carbocycles. The maximum absolute atomic E-state index is 12.2. The Morgan fingerprint density at radius 1 is 0.533 bits per heavy atom. The Kier molecular flexibility index (Phi) is 5.23. The number of rotatable bonds is 4. The normalized spacial score (nSPS) is 10.4. The van der Waals surface area contributed by atoms with Gasteiger partial charge in [0, 0.05) is 22.5 Å². The van der Waals surface area contributed by atoms with E-state index in [1.165, 1.54) is 24.3 Å². The Labute approximate surface area is 168 Å². The zero-order valence-electron chi connectivity index (χ0n) is 15.1. The highest BCUT2D eigenvalue weighted by Gasteiger charge is 2.15. The van der Waals surface area contributed by atoms with Crippen LogP contribution in [-0.4, -0.2) is 42.5 Å². The molecule has 0 radical (unpaired) electrons. The summed E-state index contributed by atoms with van der Waals surface area (Å²) < 4.78 is 0. The molecule has 10 nitrogen and oxygen atoms in total. The minimum atomic E-state index is -0.734. The van der Waals surface area contributed by atoms with E-state index in [0.29, 0.717) is 11.4 Å². The first-order valence-electron chi connectivity index (χ1n) is 8.38. The Morgan fingerprint density at radius 3 is 1.07 bits per heavy atom. The van der Waals surface area contributed by atoms with Crippen LogP contribution in [-0.2, 0) is 0 Å². The van der Waals surface area contributed by atoms with E-state index in [0.717, 1.165) is 24.3 Å². The van der Waals surface area contributed by atoms with Gasteiger partial charge in [0.2, 0.25) is 0 Å². The average Bonchev–Trinajstić information content (AvgIpc) is 2.70. The van der Waals surface area contributed by atoms with Crippen molar-refractivity contribution in [3.05, 3.63) is 59.7 Å². The van der Waals surface area contributed by atoms with Crippen molar-refractivity contribution in [2.24, 2.45) is 0 Å². The van der Waals surface area contributed by atoms with Crippen LogP contribution in [0.3, 0.4) is 0 Å². The second-order valence-corrected chi connectivity index (χ2v) is 6.21. The highest BCUT2D eigenvalue weighted by Crippen LogP contribution is 2.36. The van der Waals surface area contributed by atoms with Gasteiger partial charge in [-0.1, -0.05) is 0 Å². The number of nitrogens with one attached hydrogen (secondary N) is 2. The maximum atomic E-state index is 12.2. The molecule has 0 aliphatic heterocycles. The van der Waals surface area contributed by atoms with Crippen molar-refractivity contribution < 1.29 is 40.2 Å². The molecule has 3 aromatic carbocycles. The van der Waals surface area contributed by atoms with Gasteiger partial charge in [-0.3, -0.25) is 9.59 Å².